The van der Waals surface area contributed by atoms with E-state index in [1.807, 2.05) is 22.6 Å². The van der Waals surface area contributed by atoms with Gasteiger partial charge in [0, 0.05) is 9.13 Å². The fourth-order valence-corrected chi connectivity index (χ4v) is 1.29. The summed E-state index contributed by atoms with van der Waals surface area (Å²) in [6.45, 7) is 0.727. The summed E-state index contributed by atoms with van der Waals surface area (Å²) in [6.07, 6.45) is -4.71. The van der Waals surface area contributed by atoms with Crippen molar-refractivity contribution in [3.05, 3.63) is 33.9 Å². The van der Waals surface area contributed by atoms with Gasteiger partial charge in [-0.2, -0.15) is 0 Å². The Morgan fingerprint density at radius 2 is 2.00 bits per heavy atom. The van der Waals surface area contributed by atoms with Crippen molar-refractivity contribution in [3.8, 4) is 5.75 Å². The molecule has 1 aromatic carbocycles. The molecule has 0 heterocycles. The van der Waals surface area contributed by atoms with Crippen molar-refractivity contribution in [2.75, 3.05) is 0 Å². The predicted octanol–water partition coefficient (Wildman–Crippen LogP) is 3.07. The van der Waals surface area contributed by atoms with Crippen LogP contribution in [-0.2, 0) is 0 Å². The summed E-state index contributed by atoms with van der Waals surface area (Å²) >= 11 is 1.89. The maximum Gasteiger partial charge on any atom is 0.573 e. The molecule has 0 aromatic heterocycles. The van der Waals surface area contributed by atoms with E-state index in [4.69, 9.17) is 5.11 Å². The molecule has 0 saturated carbocycles. The Bertz CT molecular complexity index is 325. The first kappa shape index (κ1) is 11.6. The number of aliphatic hydroxyl groups is 1. The lowest BCUT2D eigenvalue weighted by molar-refractivity contribution is -0.274. The number of halogens is 4. The number of hydrogen-bond acceptors (Lipinski definition) is 2. The average molecular weight is 317 g/mol. The molecule has 0 aliphatic rings. The summed E-state index contributed by atoms with van der Waals surface area (Å²) in [5, 5.41) is 8.67. The Kier molecular flexibility index (Phi) is 3.59. The monoisotopic (exact) mass is 317 g/mol. The van der Waals surface area contributed by atoms with Gasteiger partial charge < -0.3 is 9.84 Å². The van der Waals surface area contributed by atoms with Crippen molar-refractivity contribution >= 4 is 22.6 Å². The van der Waals surface area contributed by atoms with E-state index in [2.05, 4.69) is 4.74 Å². The summed E-state index contributed by atoms with van der Waals surface area (Å²) in [6, 6.07) is 3.71. The van der Waals surface area contributed by atoms with Crippen LogP contribution in [0.5, 0.6) is 5.75 Å². The second kappa shape index (κ2) is 4.35. The summed E-state index contributed by atoms with van der Waals surface area (Å²) in [4.78, 5) is 0. The Labute approximate surface area is 91.8 Å². The Morgan fingerprint density at radius 1 is 1.36 bits per heavy atom. The lowest BCUT2D eigenvalue weighted by Gasteiger charge is -2.10. The zero-order valence-electron chi connectivity index (χ0n) is 6.68. The first-order valence-corrected chi connectivity index (χ1v) is 4.53. The minimum atomic E-state index is -4.71. The molecule has 1 N–H and O–H groups in total. The van der Waals surface area contributed by atoms with E-state index in [-0.39, 0.29) is 11.3 Å². The van der Waals surface area contributed by atoms with Crippen LogP contribution in [0.4, 0.5) is 13.2 Å². The van der Waals surface area contributed by atoms with Crippen LogP contribution in [0, 0.1) is 10.2 Å². The van der Waals surface area contributed by atoms with Gasteiger partial charge in [0.05, 0.1) is 0 Å². The number of ether oxygens (including phenoxy) is 1. The van der Waals surface area contributed by atoms with Gasteiger partial charge in [0.2, 0.25) is 0 Å². The molecule has 0 amide bonds. The molecule has 0 saturated heterocycles. The third-order valence-corrected chi connectivity index (χ3v) is 2.32. The van der Waals surface area contributed by atoms with Crippen molar-refractivity contribution in [3.63, 3.8) is 0 Å². The SMILES string of the molecule is O[CH]c1cc(OC(F)(F)F)ccc1I. The Hall–Kier alpha value is -0.500. The molecular formula is C8H5F3IO2. The highest BCUT2D eigenvalue weighted by Gasteiger charge is 2.31. The fraction of sp³-hybridized carbons (Fsp3) is 0.125. The maximum absolute atomic E-state index is 11.8. The van der Waals surface area contributed by atoms with Crippen LogP contribution < -0.4 is 4.74 Å². The van der Waals surface area contributed by atoms with E-state index in [1.165, 1.54) is 12.1 Å². The largest absolute Gasteiger partial charge is 0.573 e. The van der Waals surface area contributed by atoms with Gasteiger partial charge in [-0.1, -0.05) is 0 Å². The maximum atomic E-state index is 11.8. The van der Waals surface area contributed by atoms with E-state index >= 15 is 0 Å². The molecule has 0 fully saturated rings. The molecule has 1 radical (unpaired) electrons. The van der Waals surface area contributed by atoms with Crippen molar-refractivity contribution in [2.45, 2.75) is 6.36 Å². The molecule has 1 rings (SSSR count). The predicted molar refractivity (Wildman–Crippen MR) is 51.2 cm³/mol. The molecule has 77 valence electrons. The third-order valence-electron chi connectivity index (χ3n) is 1.34. The van der Waals surface area contributed by atoms with Gasteiger partial charge >= 0.3 is 6.36 Å². The Balaban J connectivity index is 2.90. The molecule has 14 heavy (non-hydrogen) atoms. The molecule has 0 aliphatic carbocycles. The van der Waals surface area contributed by atoms with Gasteiger partial charge in [-0.15, -0.1) is 13.2 Å². The number of hydrogen-bond donors (Lipinski definition) is 1. The number of rotatable bonds is 2. The highest BCUT2D eigenvalue weighted by atomic mass is 127. The van der Waals surface area contributed by atoms with Gasteiger partial charge in [0.1, 0.15) is 12.4 Å². The summed E-state index contributed by atoms with van der Waals surface area (Å²) < 4.78 is 39.6. The average Bonchev–Trinajstić information content (AvgIpc) is 2.06. The molecule has 0 bridgehead atoms. The number of aliphatic hydroxyl groups excluding tert-OH is 1. The molecule has 0 spiro atoms. The Morgan fingerprint density at radius 3 is 2.50 bits per heavy atom. The van der Waals surface area contributed by atoms with Crippen LogP contribution >= 0.6 is 22.6 Å². The molecular weight excluding hydrogens is 312 g/mol. The minimum Gasteiger partial charge on any atom is -0.406 e. The third kappa shape index (κ3) is 3.33. The van der Waals surface area contributed by atoms with Crippen LogP contribution in [0.15, 0.2) is 18.2 Å². The normalized spacial score (nSPS) is 11.5. The van der Waals surface area contributed by atoms with Crippen molar-refractivity contribution < 1.29 is 23.0 Å². The van der Waals surface area contributed by atoms with Crippen LogP contribution in [-0.4, -0.2) is 11.5 Å². The van der Waals surface area contributed by atoms with Crippen molar-refractivity contribution in [2.24, 2.45) is 0 Å². The summed E-state index contributed by atoms with van der Waals surface area (Å²) in [7, 11) is 0. The molecule has 6 heteroatoms. The zero-order chi connectivity index (χ0) is 10.8. The highest BCUT2D eigenvalue weighted by molar-refractivity contribution is 14.1. The minimum absolute atomic E-state index is 0.285. The quantitative estimate of drug-likeness (QED) is 0.850. The second-order valence-corrected chi connectivity index (χ2v) is 3.52. The van der Waals surface area contributed by atoms with Crippen LogP contribution in [0.1, 0.15) is 5.56 Å². The van der Waals surface area contributed by atoms with Crippen molar-refractivity contribution in [1.29, 1.82) is 0 Å². The van der Waals surface area contributed by atoms with Gasteiger partial charge in [-0.3, -0.25) is 0 Å². The molecule has 0 aliphatic heterocycles. The topological polar surface area (TPSA) is 29.5 Å². The standard InChI is InChI=1S/C8H5F3IO2/c9-8(10,11)14-6-1-2-7(12)5(3-6)4-13/h1-4,13H. The smallest absolute Gasteiger partial charge is 0.406 e. The van der Waals surface area contributed by atoms with E-state index in [0.717, 1.165) is 12.7 Å². The van der Waals surface area contributed by atoms with Gasteiger partial charge in [-0.25, -0.2) is 0 Å². The number of benzene rings is 1. The van der Waals surface area contributed by atoms with Crippen molar-refractivity contribution in [1.82, 2.24) is 0 Å². The van der Waals surface area contributed by atoms with Gasteiger partial charge in [0.25, 0.3) is 0 Å². The molecule has 0 atom stereocenters. The number of alkyl halides is 3. The lowest BCUT2D eigenvalue weighted by atomic mass is 10.2. The second-order valence-electron chi connectivity index (χ2n) is 2.36. The lowest BCUT2D eigenvalue weighted by Crippen LogP contribution is -2.17. The first-order chi connectivity index (χ1) is 6.42. The molecule has 1 aromatic rings. The molecule has 0 unspecified atom stereocenters. The van der Waals surface area contributed by atoms with E-state index < -0.39 is 6.36 Å². The highest BCUT2D eigenvalue weighted by Crippen LogP contribution is 2.25. The first-order valence-electron chi connectivity index (χ1n) is 3.45. The van der Waals surface area contributed by atoms with E-state index in [0.29, 0.717) is 3.57 Å². The van der Waals surface area contributed by atoms with E-state index in [1.54, 1.807) is 0 Å². The van der Waals surface area contributed by atoms with Crippen LogP contribution in [0.2, 0.25) is 0 Å². The summed E-state index contributed by atoms with van der Waals surface area (Å²) in [5.74, 6) is -0.349. The summed E-state index contributed by atoms with van der Waals surface area (Å²) in [5.41, 5.74) is 0.285. The van der Waals surface area contributed by atoms with Crippen LogP contribution in [0.3, 0.4) is 0 Å². The molecule has 2 nitrogen and oxygen atoms in total. The van der Waals surface area contributed by atoms with E-state index in [9.17, 15) is 13.2 Å². The fourth-order valence-electron chi connectivity index (χ4n) is 0.818. The van der Waals surface area contributed by atoms with Crippen LogP contribution in [0.25, 0.3) is 0 Å². The zero-order valence-corrected chi connectivity index (χ0v) is 8.83. The van der Waals surface area contributed by atoms with Gasteiger partial charge in [-0.05, 0) is 40.8 Å². The van der Waals surface area contributed by atoms with Gasteiger partial charge in [0.15, 0.2) is 0 Å².